The zero-order valence-corrected chi connectivity index (χ0v) is 19.4. The van der Waals surface area contributed by atoms with Gasteiger partial charge < -0.3 is 10.2 Å². The average molecular weight is 426 g/mol. The Morgan fingerprint density at radius 3 is 2.28 bits per heavy atom. The molecule has 0 bridgehead atoms. The van der Waals surface area contributed by atoms with Crippen LogP contribution >= 0.6 is 0 Å². The van der Waals surface area contributed by atoms with Crippen LogP contribution < -0.4 is 14.9 Å². The van der Waals surface area contributed by atoms with Crippen molar-refractivity contribution in [3.63, 3.8) is 0 Å². The molecule has 1 aromatic rings. The van der Waals surface area contributed by atoms with Gasteiger partial charge in [-0.25, -0.2) is 23.1 Å². The number of unbranched alkanes of at least 4 members (excludes halogenated alkanes) is 5. The fourth-order valence-corrected chi connectivity index (χ4v) is 5.25. The molecule has 1 fully saturated rings. The van der Waals surface area contributed by atoms with Gasteiger partial charge in [0.15, 0.2) is 0 Å². The van der Waals surface area contributed by atoms with E-state index in [1.54, 1.807) is 0 Å². The third-order valence-electron chi connectivity index (χ3n) is 5.47. The van der Waals surface area contributed by atoms with E-state index in [0.29, 0.717) is 6.04 Å². The van der Waals surface area contributed by atoms with Gasteiger partial charge in [0.2, 0.25) is 10.0 Å². The van der Waals surface area contributed by atoms with Crippen molar-refractivity contribution in [1.82, 2.24) is 14.7 Å². The summed E-state index contributed by atoms with van der Waals surface area (Å²) in [5, 5.41) is 3.50. The maximum atomic E-state index is 12.4. The van der Waals surface area contributed by atoms with Crippen molar-refractivity contribution in [3.8, 4) is 0 Å². The number of anilines is 2. The lowest BCUT2D eigenvalue weighted by Crippen LogP contribution is -2.41. The quantitative estimate of drug-likeness (QED) is 0.495. The Hall–Kier alpha value is -1.41. The van der Waals surface area contributed by atoms with E-state index in [1.165, 1.54) is 19.3 Å². The summed E-state index contributed by atoms with van der Waals surface area (Å²) < 4.78 is 27.6. The molecule has 0 aromatic carbocycles. The van der Waals surface area contributed by atoms with Crippen molar-refractivity contribution in [2.24, 2.45) is 0 Å². The summed E-state index contributed by atoms with van der Waals surface area (Å²) in [7, 11) is 0.765. The van der Waals surface area contributed by atoms with Gasteiger partial charge in [-0.05, 0) is 39.0 Å². The molecule has 1 heterocycles. The fourth-order valence-electron chi connectivity index (χ4n) is 3.80. The Morgan fingerprint density at radius 2 is 1.62 bits per heavy atom. The molecule has 0 radical (unpaired) electrons. The van der Waals surface area contributed by atoms with Crippen LogP contribution in [0.5, 0.6) is 0 Å². The van der Waals surface area contributed by atoms with Gasteiger partial charge in [-0.15, -0.1) is 0 Å². The highest BCUT2D eigenvalue weighted by Gasteiger charge is 2.25. The SMILES string of the molecule is CCCCCCCCS(=O)(=O)NC1CCC(Nc2cc(N(C)C)nc(C)n2)CC1. The lowest BCUT2D eigenvalue weighted by Gasteiger charge is -2.30. The zero-order valence-electron chi connectivity index (χ0n) is 18.6. The molecule has 0 unspecified atom stereocenters. The molecule has 0 saturated heterocycles. The molecule has 1 aromatic heterocycles. The number of nitrogens with zero attached hydrogens (tertiary/aromatic N) is 3. The Morgan fingerprint density at radius 1 is 1.00 bits per heavy atom. The highest BCUT2D eigenvalue weighted by atomic mass is 32.2. The van der Waals surface area contributed by atoms with Crippen molar-refractivity contribution < 1.29 is 8.42 Å². The molecule has 7 nitrogen and oxygen atoms in total. The first-order valence-corrected chi connectivity index (χ1v) is 12.7. The Kier molecular flexibility index (Phi) is 9.62. The van der Waals surface area contributed by atoms with E-state index < -0.39 is 10.0 Å². The second-order valence-corrected chi connectivity index (χ2v) is 10.3. The molecule has 166 valence electrons. The van der Waals surface area contributed by atoms with Crippen LogP contribution in [0.4, 0.5) is 11.6 Å². The van der Waals surface area contributed by atoms with E-state index in [4.69, 9.17) is 0 Å². The number of hydrogen-bond acceptors (Lipinski definition) is 6. The Bertz CT molecular complexity index is 716. The normalized spacial score (nSPS) is 19.9. The highest BCUT2D eigenvalue weighted by molar-refractivity contribution is 7.89. The van der Waals surface area contributed by atoms with E-state index in [2.05, 4.69) is 26.9 Å². The van der Waals surface area contributed by atoms with Gasteiger partial charge in [0.25, 0.3) is 0 Å². The van der Waals surface area contributed by atoms with Crippen LogP contribution in [0, 0.1) is 6.92 Å². The number of nitrogens with one attached hydrogen (secondary N) is 2. The smallest absolute Gasteiger partial charge is 0.211 e. The second-order valence-electron chi connectivity index (χ2n) is 8.45. The van der Waals surface area contributed by atoms with Crippen LogP contribution in [0.25, 0.3) is 0 Å². The molecule has 2 N–H and O–H groups in total. The summed E-state index contributed by atoms with van der Waals surface area (Å²) in [6.45, 7) is 4.09. The molecule has 1 aliphatic carbocycles. The standard InChI is InChI=1S/C21H39N5O2S/c1-5-6-7-8-9-10-15-29(27,28)25-19-13-11-18(12-14-19)24-20-16-21(26(3)4)23-17(2)22-20/h16,18-19,25H,5-15H2,1-4H3,(H,22,23,24). The van der Waals surface area contributed by atoms with E-state index in [0.717, 1.165) is 62.4 Å². The Balaban J connectivity index is 1.73. The highest BCUT2D eigenvalue weighted by Crippen LogP contribution is 2.23. The lowest BCUT2D eigenvalue weighted by atomic mass is 9.92. The first kappa shape index (κ1) is 23.9. The molecule has 8 heteroatoms. The predicted octanol–water partition coefficient (Wildman–Crippen LogP) is 3.85. The van der Waals surface area contributed by atoms with E-state index >= 15 is 0 Å². The minimum absolute atomic E-state index is 0.0580. The summed E-state index contributed by atoms with van der Waals surface area (Å²) in [4.78, 5) is 10.9. The predicted molar refractivity (Wildman–Crippen MR) is 121 cm³/mol. The van der Waals surface area contributed by atoms with Gasteiger partial charge in [0.1, 0.15) is 17.5 Å². The topological polar surface area (TPSA) is 87.2 Å². The zero-order chi connectivity index (χ0) is 21.3. The van der Waals surface area contributed by atoms with Crippen LogP contribution in [0.15, 0.2) is 6.07 Å². The molecule has 0 atom stereocenters. The summed E-state index contributed by atoms with van der Waals surface area (Å²) in [5.41, 5.74) is 0. The van der Waals surface area contributed by atoms with Crippen LogP contribution in [0.1, 0.15) is 77.0 Å². The maximum Gasteiger partial charge on any atom is 0.211 e. The summed E-state index contributed by atoms with van der Waals surface area (Å²) >= 11 is 0. The number of aryl methyl sites for hydroxylation is 1. The van der Waals surface area contributed by atoms with Gasteiger partial charge in [-0.1, -0.05) is 39.0 Å². The van der Waals surface area contributed by atoms with Crippen LogP contribution in [0.3, 0.4) is 0 Å². The first-order valence-electron chi connectivity index (χ1n) is 11.1. The van der Waals surface area contributed by atoms with E-state index in [9.17, 15) is 8.42 Å². The molecule has 0 amide bonds. The van der Waals surface area contributed by atoms with Gasteiger partial charge in [-0.2, -0.15) is 0 Å². The molecule has 1 saturated carbocycles. The van der Waals surface area contributed by atoms with E-state index in [-0.39, 0.29) is 11.8 Å². The van der Waals surface area contributed by atoms with Crippen molar-refractivity contribution >= 4 is 21.7 Å². The molecule has 29 heavy (non-hydrogen) atoms. The second kappa shape index (κ2) is 11.7. The molecular weight excluding hydrogens is 386 g/mol. The maximum absolute atomic E-state index is 12.4. The monoisotopic (exact) mass is 425 g/mol. The van der Waals surface area contributed by atoms with Gasteiger partial charge >= 0.3 is 0 Å². The van der Waals surface area contributed by atoms with Crippen molar-refractivity contribution in [3.05, 3.63) is 11.9 Å². The van der Waals surface area contributed by atoms with Crippen LogP contribution in [-0.4, -0.2) is 50.3 Å². The number of rotatable bonds is 12. The number of sulfonamides is 1. The molecule has 1 aliphatic rings. The molecule has 2 rings (SSSR count). The minimum Gasteiger partial charge on any atom is -0.367 e. The lowest BCUT2D eigenvalue weighted by molar-refractivity contribution is 0.386. The summed E-state index contributed by atoms with van der Waals surface area (Å²) in [6.07, 6.45) is 10.2. The van der Waals surface area contributed by atoms with Crippen molar-refractivity contribution in [2.75, 3.05) is 30.1 Å². The molecular formula is C21H39N5O2S. The third-order valence-corrected chi connectivity index (χ3v) is 6.99. The van der Waals surface area contributed by atoms with Crippen molar-refractivity contribution in [1.29, 1.82) is 0 Å². The van der Waals surface area contributed by atoms with Gasteiger partial charge in [-0.3, -0.25) is 0 Å². The van der Waals surface area contributed by atoms with Crippen LogP contribution in [-0.2, 0) is 10.0 Å². The fraction of sp³-hybridized carbons (Fsp3) is 0.810. The summed E-state index contributed by atoms with van der Waals surface area (Å²) in [6, 6.07) is 2.34. The number of aromatic nitrogens is 2. The Labute approximate surface area is 177 Å². The minimum atomic E-state index is -3.17. The van der Waals surface area contributed by atoms with E-state index in [1.807, 2.05) is 32.0 Å². The largest absolute Gasteiger partial charge is 0.367 e. The first-order chi connectivity index (χ1) is 13.8. The average Bonchev–Trinajstić information content (AvgIpc) is 2.65. The van der Waals surface area contributed by atoms with Gasteiger partial charge in [0, 0.05) is 32.2 Å². The van der Waals surface area contributed by atoms with Crippen LogP contribution in [0.2, 0.25) is 0 Å². The van der Waals surface area contributed by atoms with Gasteiger partial charge in [0.05, 0.1) is 5.75 Å². The third kappa shape index (κ3) is 8.86. The molecule has 0 aliphatic heterocycles. The summed E-state index contributed by atoms with van der Waals surface area (Å²) in [5.74, 6) is 2.73. The number of hydrogen-bond donors (Lipinski definition) is 2. The molecule has 0 spiro atoms. The van der Waals surface area contributed by atoms with Crippen molar-refractivity contribution in [2.45, 2.75) is 90.1 Å².